The first-order valence-corrected chi connectivity index (χ1v) is 10.8. The van der Waals surface area contributed by atoms with Crippen LogP contribution in [0.25, 0.3) is 0 Å². The first-order valence-electron chi connectivity index (χ1n) is 3.59. The molecule has 0 aromatic rings. The molecule has 0 saturated heterocycles. The number of alkyl halides is 3. The summed E-state index contributed by atoms with van der Waals surface area (Å²) in [5, 5.41) is 0. The van der Waals surface area contributed by atoms with Gasteiger partial charge in [0.05, 0.1) is 0 Å². The molecule has 7 nitrogen and oxygen atoms in total. The summed E-state index contributed by atoms with van der Waals surface area (Å²) in [6.07, 6.45) is 0. The van der Waals surface area contributed by atoms with Gasteiger partial charge in [-0.15, -0.1) is 10.2 Å². The van der Waals surface area contributed by atoms with Crippen molar-refractivity contribution in [1.82, 2.24) is 0 Å². The maximum atomic E-state index is 10.7. The Morgan fingerprint density at radius 3 is 1.16 bits per heavy atom. The van der Waals surface area contributed by atoms with Crippen LogP contribution >= 0.6 is 11.1 Å². The standard InChI is InChI=1S/C3H9ClSi.CHF3O3S.ClHO4.Li/c1-5(2,3)4;2-1(3,4)8(5,6)7;2-1(3,4)5;/h1-3H3;(H,5,6,7);(H,2,3,4,5);/q;;;+1/p-1. The topological polar surface area (TPSA) is 147 Å². The summed E-state index contributed by atoms with van der Waals surface area (Å²) in [6, 6.07) is 0. The van der Waals surface area contributed by atoms with Gasteiger partial charge in [0.1, 0.15) is 7.38 Å². The summed E-state index contributed by atoms with van der Waals surface area (Å²) in [7, 11) is -11.9. The molecule has 0 atom stereocenters. The third-order valence-electron chi connectivity index (χ3n) is 0.292. The molecule has 114 valence electrons. The average Bonchev–Trinajstić information content (AvgIpc) is 1.70. The van der Waals surface area contributed by atoms with E-state index in [1.54, 1.807) is 0 Å². The summed E-state index contributed by atoms with van der Waals surface area (Å²) in [5.41, 5.74) is -5.53. The van der Waals surface area contributed by atoms with Gasteiger partial charge in [-0.1, -0.05) is 19.6 Å². The summed E-state index contributed by atoms with van der Waals surface area (Å²) < 4.78 is 91.5. The SMILES string of the molecule is C[Si](C)(C)Cl.O=S(=O)(O)C(F)(F)F.[Li+].[O-][Cl+3]([O-])([O-])[O-]. The molecule has 0 heterocycles. The predicted octanol–water partition coefficient (Wildman–Crippen LogP) is -5.30. The molecule has 0 fully saturated rings. The second-order valence-electron chi connectivity index (χ2n) is 3.37. The Bertz CT molecular complexity index is 301. The van der Waals surface area contributed by atoms with Gasteiger partial charge in [0, 0.05) is 0 Å². The molecule has 0 bridgehead atoms. The molecule has 0 radical (unpaired) electrons. The van der Waals surface area contributed by atoms with Gasteiger partial charge in [-0.05, 0) is 0 Å². The van der Waals surface area contributed by atoms with Crippen molar-refractivity contribution in [1.29, 1.82) is 0 Å². The molecule has 0 aromatic carbocycles. The van der Waals surface area contributed by atoms with E-state index in [-0.39, 0.29) is 18.9 Å². The van der Waals surface area contributed by atoms with E-state index in [2.05, 4.69) is 19.6 Å². The van der Waals surface area contributed by atoms with Crippen LogP contribution in [0, 0.1) is 10.2 Å². The zero-order valence-electron chi connectivity index (χ0n) is 10.2. The molecule has 0 unspecified atom stereocenters. The van der Waals surface area contributed by atoms with Crippen LogP contribution in [0.2, 0.25) is 19.6 Å². The van der Waals surface area contributed by atoms with Crippen molar-refractivity contribution in [2.24, 2.45) is 0 Å². The van der Waals surface area contributed by atoms with Crippen LogP contribution in [-0.2, 0) is 10.1 Å². The van der Waals surface area contributed by atoms with Crippen molar-refractivity contribution in [3.8, 4) is 0 Å². The Balaban J connectivity index is -0.0000000906. The van der Waals surface area contributed by atoms with E-state index in [0.29, 0.717) is 0 Å². The number of halogens is 5. The maximum absolute atomic E-state index is 10.7. The van der Waals surface area contributed by atoms with Gasteiger partial charge in [-0.3, -0.25) is 4.55 Å². The molecular weight excluding hydrogens is 355 g/mol. The third kappa shape index (κ3) is 55.0. The van der Waals surface area contributed by atoms with Gasteiger partial charge in [0.15, 0.2) is 0 Å². The fourth-order valence-electron chi connectivity index (χ4n) is 0. The summed E-state index contributed by atoms with van der Waals surface area (Å²) in [5.74, 6) is 0. The van der Waals surface area contributed by atoms with Gasteiger partial charge in [0.25, 0.3) is 0 Å². The van der Waals surface area contributed by atoms with E-state index in [9.17, 15) is 13.2 Å². The number of rotatable bonds is 0. The second kappa shape index (κ2) is 9.80. The fraction of sp³-hybridized carbons (Fsp3) is 1.00. The Labute approximate surface area is 127 Å². The number of hydrogen-bond acceptors (Lipinski definition) is 6. The summed E-state index contributed by atoms with van der Waals surface area (Å²) in [4.78, 5) is 0. The van der Waals surface area contributed by atoms with Crippen LogP contribution in [0.1, 0.15) is 0 Å². The minimum atomic E-state index is -5.84. The Morgan fingerprint density at radius 2 is 1.16 bits per heavy atom. The molecule has 0 aliphatic heterocycles. The molecule has 0 aliphatic rings. The molecule has 19 heavy (non-hydrogen) atoms. The van der Waals surface area contributed by atoms with E-state index in [1.165, 1.54) is 0 Å². The van der Waals surface area contributed by atoms with E-state index >= 15 is 0 Å². The van der Waals surface area contributed by atoms with Crippen molar-refractivity contribution in [2.45, 2.75) is 25.1 Å². The first kappa shape index (κ1) is 28.1. The van der Waals surface area contributed by atoms with Crippen molar-refractivity contribution in [3.63, 3.8) is 0 Å². The van der Waals surface area contributed by atoms with Crippen LogP contribution in [0.3, 0.4) is 0 Å². The fourth-order valence-corrected chi connectivity index (χ4v) is 0. The Kier molecular flexibility index (Phi) is 14.5. The minimum Gasteiger partial charge on any atom is -0.279 e. The Morgan fingerprint density at radius 1 is 1.11 bits per heavy atom. The van der Waals surface area contributed by atoms with Crippen LogP contribution in [0.15, 0.2) is 0 Å². The van der Waals surface area contributed by atoms with Crippen LogP contribution in [0.5, 0.6) is 0 Å². The van der Waals surface area contributed by atoms with Gasteiger partial charge in [-0.2, -0.15) is 32.7 Å². The van der Waals surface area contributed by atoms with Crippen molar-refractivity contribution in [3.05, 3.63) is 0 Å². The zero-order chi connectivity index (χ0) is 16.0. The normalized spacial score (nSPS) is 12.2. The van der Waals surface area contributed by atoms with E-state index in [4.69, 9.17) is 42.7 Å². The van der Waals surface area contributed by atoms with E-state index < -0.39 is 33.3 Å². The molecular formula is C4H10Cl2F3LiO7SSi. The van der Waals surface area contributed by atoms with Crippen molar-refractivity contribution < 1.29 is 73.9 Å². The number of hydrogen-bond donors (Lipinski definition) is 1. The summed E-state index contributed by atoms with van der Waals surface area (Å²) in [6.45, 7) is 6.28. The monoisotopic (exact) mass is 364 g/mol. The van der Waals surface area contributed by atoms with E-state index in [0.717, 1.165) is 0 Å². The molecule has 0 spiro atoms. The smallest absolute Gasteiger partial charge is 0.279 e. The van der Waals surface area contributed by atoms with Crippen LogP contribution in [-0.4, -0.2) is 25.9 Å². The van der Waals surface area contributed by atoms with Crippen LogP contribution < -0.4 is 37.5 Å². The third-order valence-corrected chi connectivity index (χ3v) is 0.877. The molecule has 15 heteroatoms. The van der Waals surface area contributed by atoms with Gasteiger partial charge in [0.2, 0.25) is 0 Å². The molecule has 0 amide bonds. The largest absolute Gasteiger partial charge is 1.00 e. The molecule has 0 rings (SSSR count). The predicted molar refractivity (Wildman–Crippen MR) is 46.8 cm³/mol. The molecule has 0 aromatic heterocycles. The van der Waals surface area contributed by atoms with Crippen molar-refractivity contribution >= 4 is 28.6 Å². The quantitative estimate of drug-likeness (QED) is 0.195. The second-order valence-corrected chi connectivity index (χ2v) is 13.1. The first-order chi connectivity index (χ1) is 7.25. The average molecular weight is 365 g/mol. The maximum Gasteiger partial charge on any atom is 1.00 e. The van der Waals surface area contributed by atoms with Gasteiger partial charge in [-0.25, -0.2) is 18.6 Å². The Hall–Kier alpha value is 0.934. The van der Waals surface area contributed by atoms with Crippen LogP contribution in [0.4, 0.5) is 13.2 Å². The van der Waals surface area contributed by atoms with Gasteiger partial charge < -0.3 is 0 Å². The molecule has 1 N–H and O–H groups in total. The summed E-state index contributed by atoms with van der Waals surface area (Å²) >= 11 is 5.67. The zero-order valence-corrected chi connectivity index (χ0v) is 13.5. The molecule has 0 aliphatic carbocycles. The van der Waals surface area contributed by atoms with Gasteiger partial charge >= 0.3 is 34.5 Å². The molecule has 0 saturated carbocycles. The van der Waals surface area contributed by atoms with E-state index in [1.807, 2.05) is 0 Å². The minimum absolute atomic E-state index is 0. The van der Waals surface area contributed by atoms with Crippen molar-refractivity contribution in [2.75, 3.05) is 0 Å².